The Balaban J connectivity index is 3.36. The van der Waals surface area contributed by atoms with Crippen molar-refractivity contribution in [2.45, 2.75) is 6.61 Å². The molecule has 0 saturated carbocycles. The van der Waals surface area contributed by atoms with E-state index in [1.807, 2.05) is 0 Å². The molecule has 0 heterocycles. The average Bonchev–Trinajstić information content (AvgIpc) is 2.15. The summed E-state index contributed by atoms with van der Waals surface area (Å²) in [6.07, 6.45) is 0. The molecule has 0 aliphatic rings. The van der Waals surface area contributed by atoms with Gasteiger partial charge in [-0.15, -0.1) is 0 Å². The van der Waals surface area contributed by atoms with Gasteiger partial charge in [0.25, 0.3) is 0 Å². The van der Waals surface area contributed by atoms with Crippen LogP contribution in [0.4, 0.5) is 15.8 Å². The van der Waals surface area contributed by atoms with Crippen molar-refractivity contribution in [3.05, 3.63) is 17.4 Å². The molecule has 4 nitrogen and oxygen atoms in total. The van der Waals surface area contributed by atoms with E-state index in [2.05, 4.69) is 0 Å². The lowest BCUT2D eigenvalue weighted by molar-refractivity contribution is 0.281. The normalized spacial score (nSPS) is 10.1. The first-order chi connectivity index (χ1) is 6.11. The smallest absolute Gasteiger partial charge is 0.189 e. The van der Waals surface area contributed by atoms with Crippen LogP contribution in [0.3, 0.4) is 0 Å². The van der Waals surface area contributed by atoms with Crippen LogP contribution in [-0.2, 0) is 6.61 Å². The number of aliphatic hydroxyl groups excluding tert-OH is 1. The van der Waals surface area contributed by atoms with Gasteiger partial charge in [-0.3, -0.25) is 0 Å². The maximum absolute atomic E-state index is 13.2. The SMILES string of the molecule is COc1cc(CO)c(N)c(N)c1F. The van der Waals surface area contributed by atoms with Gasteiger partial charge in [-0.1, -0.05) is 0 Å². The van der Waals surface area contributed by atoms with Gasteiger partial charge in [0.2, 0.25) is 0 Å². The van der Waals surface area contributed by atoms with E-state index < -0.39 is 5.82 Å². The molecule has 0 aliphatic carbocycles. The van der Waals surface area contributed by atoms with Gasteiger partial charge in [0, 0.05) is 5.56 Å². The molecule has 72 valence electrons. The molecule has 5 heteroatoms. The zero-order chi connectivity index (χ0) is 10.0. The van der Waals surface area contributed by atoms with Crippen LogP contribution in [0.5, 0.6) is 5.75 Å². The summed E-state index contributed by atoms with van der Waals surface area (Å²) < 4.78 is 17.9. The molecular formula is C8H11FN2O2. The van der Waals surface area contributed by atoms with Crippen molar-refractivity contribution >= 4 is 11.4 Å². The fourth-order valence-electron chi connectivity index (χ4n) is 1.00. The number of nitrogen functional groups attached to an aromatic ring is 2. The molecule has 0 radical (unpaired) electrons. The van der Waals surface area contributed by atoms with Crippen LogP contribution in [-0.4, -0.2) is 12.2 Å². The Morgan fingerprint density at radius 2 is 2.08 bits per heavy atom. The monoisotopic (exact) mass is 186 g/mol. The van der Waals surface area contributed by atoms with E-state index in [0.717, 1.165) is 0 Å². The van der Waals surface area contributed by atoms with E-state index in [1.54, 1.807) is 0 Å². The molecule has 0 aliphatic heterocycles. The second-order valence-corrected chi connectivity index (χ2v) is 2.54. The van der Waals surface area contributed by atoms with Crippen molar-refractivity contribution in [1.29, 1.82) is 0 Å². The minimum absolute atomic E-state index is 0.0178. The third kappa shape index (κ3) is 1.50. The fraction of sp³-hybridized carbons (Fsp3) is 0.250. The minimum atomic E-state index is -0.697. The maximum atomic E-state index is 13.2. The van der Waals surface area contributed by atoms with E-state index in [9.17, 15) is 4.39 Å². The van der Waals surface area contributed by atoms with Gasteiger partial charge in [-0.2, -0.15) is 0 Å². The lowest BCUT2D eigenvalue weighted by atomic mass is 10.1. The zero-order valence-corrected chi connectivity index (χ0v) is 7.17. The van der Waals surface area contributed by atoms with Gasteiger partial charge in [0.15, 0.2) is 11.6 Å². The Kier molecular flexibility index (Phi) is 2.57. The van der Waals surface area contributed by atoms with Gasteiger partial charge in [0.1, 0.15) is 0 Å². The van der Waals surface area contributed by atoms with Crippen molar-refractivity contribution in [2.24, 2.45) is 0 Å². The minimum Gasteiger partial charge on any atom is -0.494 e. The number of halogens is 1. The topological polar surface area (TPSA) is 81.5 Å². The number of nitrogens with two attached hydrogens (primary N) is 2. The van der Waals surface area contributed by atoms with E-state index in [1.165, 1.54) is 13.2 Å². The number of hydrogen-bond acceptors (Lipinski definition) is 4. The summed E-state index contributed by atoms with van der Waals surface area (Å²) in [4.78, 5) is 0. The third-order valence-electron chi connectivity index (χ3n) is 1.78. The van der Waals surface area contributed by atoms with Crippen molar-refractivity contribution in [3.63, 3.8) is 0 Å². The zero-order valence-electron chi connectivity index (χ0n) is 7.17. The van der Waals surface area contributed by atoms with Crippen molar-refractivity contribution < 1.29 is 14.2 Å². The first kappa shape index (κ1) is 9.60. The molecule has 1 aromatic carbocycles. The van der Waals surface area contributed by atoms with Gasteiger partial charge < -0.3 is 21.3 Å². The lowest BCUT2D eigenvalue weighted by Crippen LogP contribution is -2.04. The predicted molar refractivity (Wildman–Crippen MR) is 47.7 cm³/mol. The molecule has 0 saturated heterocycles. The van der Waals surface area contributed by atoms with E-state index in [-0.39, 0.29) is 23.7 Å². The predicted octanol–water partition coefficient (Wildman–Crippen LogP) is 0.491. The van der Waals surface area contributed by atoms with Crippen molar-refractivity contribution in [3.8, 4) is 5.75 Å². The Bertz CT molecular complexity index is 300. The highest BCUT2D eigenvalue weighted by atomic mass is 19.1. The van der Waals surface area contributed by atoms with Crippen LogP contribution < -0.4 is 16.2 Å². The van der Waals surface area contributed by atoms with E-state index in [4.69, 9.17) is 21.3 Å². The first-order valence-corrected chi connectivity index (χ1v) is 3.63. The molecule has 1 aromatic rings. The van der Waals surface area contributed by atoms with Gasteiger partial charge in [0.05, 0.1) is 25.1 Å². The van der Waals surface area contributed by atoms with E-state index >= 15 is 0 Å². The Morgan fingerprint density at radius 1 is 1.46 bits per heavy atom. The molecule has 5 N–H and O–H groups in total. The van der Waals surface area contributed by atoms with Crippen LogP contribution >= 0.6 is 0 Å². The number of aliphatic hydroxyl groups is 1. The summed E-state index contributed by atoms with van der Waals surface area (Å²) >= 11 is 0. The summed E-state index contributed by atoms with van der Waals surface area (Å²) in [7, 11) is 1.31. The van der Waals surface area contributed by atoms with Crippen LogP contribution in [0.1, 0.15) is 5.56 Å². The fourth-order valence-corrected chi connectivity index (χ4v) is 1.00. The van der Waals surface area contributed by atoms with Crippen LogP contribution in [0.15, 0.2) is 6.07 Å². The van der Waals surface area contributed by atoms with Gasteiger partial charge in [-0.05, 0) is 6.07 Å². The Labute approximate surface area is 74.9 Å². The maximum Gasteiger partial charge on any atom is 0.189 e. The highest BCUT2D eigenvalue weighted by Gasteiger charge is 2.13. The van der Waals surface area contributed by atoms with Crippen molar-refractivity contribution in [1.82, 2.24) is 0 Å². The summed E-state index contributed by atoms with van der Waals surface area (Å²) in [6.45, 7) is -0.299. The Hall–Kier alpha value is -1.49. The van der Waals surface area contributed by atoms with E-state index in [0.29, 0.717) is 5.56 Å². The van der Waals surface area contributed by atoms with Gasteiger partial charge >= 0.3 is 0 Å². The number of hydrogen-bond donors (Lipinski definition) is 3. The quantitative estimate of drug-likeness (QED) is 0.587. The highest BCUT2D eigenvalue weighted by molar-refractivity contribution is 5.70. The molecule has 0 unspecified atom stereocenters. The first-order valence-electron chi connectivity index (χ1n) is 3.63. The molecule has 0 atom stereocenters. The lowest BCUT2D eigenvalue weighted by Gasteiger charge is -2.10. The number of anilines is 2. The molecular weight excluding hydrogens is 175 g/mol. The molecule has 0 aromatic heterocycles. The molecule has 13 heavy (non-hydrogen) atoms. The molecule has 0 bridgehead atoms. The summed E-state index contributed by atoms with van der Waals surface area (Å²) in [5, 5.41) is 8.84. The molecule has 0 spiro atoms. The molecule has 1 rings (SSSR count). The Morgan fingerprint density at radius 3 is 2.54 bits per heavy atom. The van der Waals surface area contributed by atoms with Crippen LogP contribution in [0, 0.1) is 5.82 Å². The number of methoxy groups -OCH3 is 1. The largest absolute Gasteiger partial charge is 0.494 e. The van der Waals surface area contributed by atoms with Crippen molar-refractivity contribution in [2.75, 3.05) is 18.6 Å². The molecule has 0 fully saturated rings. The van der Waals surface area contributed by atoms with Crippen LogP contribution in [0.25, 0.3) is 0 Å². The number of benzene rings is 1. The number of ether oxygens (including phenoxy) is 1. The van der Waals surface area contributed by atoms with Crippen LogP contribution in [0.2, 0.25) is 0 Å². The number of rotatable bonds is 2. The highest BCUT2D eigenvalue weighted by Crippen LogP contribution is 2.31. The third-order valence-corrected chi connectivity index (χ3v) is 1.78. The summed E-state index contributed by atoms with van der Waals surface area (Å²) in [5.74, 6) is -0.715. The second kappa shape index (κ2) is 3.49. The second-order valence-electron chi connectivity index (χ2n) is 2.54. The molecule has 0 amide bonds. The average molecular weight is 186 g/mol. The summed E-state index contributed by atoms with van der Waals surface area (Å²) in [6, 6.07) is 1.32. The standard InChI is InChI=1S/C8H11FN2O2/c1-13-5-2-4(3-12)7(10)8(11)6(5)9/h2,12H,3,10-11H2,1H3. The summed E-state index contributed by atoms with van der Waals surface area (Å²) in [5.41, 5.74) is 11.0. The van der Waals surface area contributed by atoms with Gasteiger partial charge in [-0.25, -0.2) is 4.39 Å².